The van der Waals surface area contributed by atoms with Crippen molar-refractivity contribution in [1.29, 1.82) is 0 Å². The van der Waals surface area contributed by atoms with E-state index in [1.807, 2.05) is 0 Å². The Hall–Kier alpha value is -1.91. The van der Waals surface area contributed by atoms with Crippen LogP contribution < -0.4 is 4.74 Å². The molecule has 0 N–H and O–H groups in total. The fourth-order valence-corrected chi connectivity index (χ4v) is 1.16. The third-order valence-corrected chi connectivity index (χ3v) is 2.04. The first-order chi connectivity index (χ1) is 8.02. The lowest BCUT2D eigenvalue weighted by molar-refractivity contribution is -0.144. The number of hydrogen-bond donors (Lipinski definition) is 0. The maximum absolute atomic E-state index is 11.0. The van der Waals surface area contributed by atoms with E-state index < -0.39 is 5.97 Å². The summed E-state index contributed by atoms with van der Waals surface area (Å²) in [5, 5.41) is 0. The first-order valence-electron chi connectivity index (χ1n) is 5.32. The summed E-state index contributed by atoms with van der Waals surface area (Å²) in [4.78, 5) is 25.9. The van der Waals surface area contributed by atoms with E-state index in [1.54, 1.807) is 26.1 Å². The summed E-state index contributed by atoms with van der Waals surface area (Å²) in [6.45, 7) is 4.91. The molecule has 0 fully saturated rings. The Morgan fingerprint density at radius 1 is 1.41 bits per heavy atom. The van der Waals surface area contributed by atoms with E-state index in [0.29, 0.717) is 23.4 Å². The smallest absolute Gasteiger partial charge is 0.308 e. The molecule has 1 aromatic rings. The number of nitrogens with zero attached hydrogens (tertiary/aromatic N) is 1. The Labute approximate surface area is 99.8 Å². The second kappa shape index (κ2) is 5.98. The van der Waals surface area contributed by atoms with Crippen molar-refractivity contribution in [2.24, 2.45) is 0 Å². The molecule has 0 aliphatic heterocycles. The van der Waals surface area contributed by atoms with Gasteiger partial charge in [-0.15, -0.1) is 0 Å². The summed E-state index contributed by atoms with van der Waals surface area (Å²) in [5.41, 5.74) is 1.31. The normalized spacial score (nSPS) is 9.82. The molecule has 0 amide bonds. The third-order valence-electron chi connectivity index (χ3n) is 2.04. The minimum Gasteiger partial charge on any atom is -0.461 e. The second-order valence-electron chi connectivity index (χ2n) is 3.53. The molecule has 1 aromatic heterocycles. The second-order valence-corrected chi connectivity index (χ2v) is 3.53. The van der Waals surface area contributed by atoms with Gasteiger partial charge in [-0.05, 0) is 13.0 Å². The highest BCUT2D eigenvalue weighted by Crippen LogP contribution is 2.17. The molecule has 0 radical (unpaired) electrons. The van der Waals surface area contributed by atoms with Crippen LogP contribution in [0.5, 0.6) is 5.75 Å². The maximum atomic E-state index is 11.0. The maximum Gasteiger partial charge on any atom is 0.308 e. The van der Waals surface area contributed by atoms with Crippen molar-refractivity contribution in [2.45, 2.75) is 33.8 Å². The molecule has 0 saturated heterocycles. The number of ether oxygens (including phenoxy) is 2. The van der Waals surface area contributed by atoms with Gasteiger partial charge in [-0.3, -0.25) is 14.6 Å². The SMILES string of the molecule is CCC(=O)OCc1cnc(C)c(OC(C)=O)c1. The van der Waals surface area contributed by atoms with Crippen LogP contribution in [0.25, 0.3) is 0 Å². The molecule has 0 spiro atoms. The number of aromatic nitrogens is 1. The van der Waals surface area contributed by atoms with E-state index in [9.17, 15) is 9.59 Å². The van der Waals surface area contributed by atoms with E-state index in [0.717, 1.165) is 0 Å². The third kappa shape index (κ3) is 4.22. The van der Waals surface area contributed by atoms with Gasteiger partial charge in [-0.25, -0.2) is 0 Å². The molecular formula is C12H15NO4. The van der Waals surface area contributed by atoms with E-state index in [2.05, 4.69) is 4.98 Å². The minimum absolute atomic E-state index is 0.133. The number of hydrogen-bond acceptors (Lipinski definition) is 5. The van der Waals surface area contributed by atoms with Crippen molar-refractivity contribution >= 4 is 11.9 Å². The van der Waals surface area contributed by atoms with Gasteiger partial charge < -0.3 is 9.47 Å². The molecule has 0 aliphatic carbocycles. The highest BCUT2D eigenvalue weighted by Gasteiger charge is 2.07. The lowest BCUT2D eigenvalue weighted by Gasteiger charge is -2.07. The summed E-state index contributed by atoms with van der Waals surface area (Å²) in [6, 6.07) is 1.65. The summed E-state index contributed by atoms with van der Waals surface area (Å²) in [6.07, 6.45) is 1.92. The molecule has 5 heteroatoms. The van der Waals surface area contributed by atoms with Crippen LogP contribution in [-0.4, -0.2) is 16.9 Å². The Balaban J connectivity index is 2.74. The van der Waals surface area contributed by atoms with E-state index in [1.165, 1.54) is 6.92 Å². The average molecular weight is 237 g/mol. The number of aryl methyl sites for hydroxylation is 1. The van der Waals surface area contributed by atoms with E-state index in [-0.39, 0.29) is 12.6 Å². The molecule has 0 bridgehead atoms. The Kier molecular flexibility index (Phi) is 4.63. The van der Waals surface area contributed by atoms with Gasteiger partial charge in [0.2, 0.25) is 0 Å². The monoisotopic (exact) mass is 237 g/mol. The van der Waals surface area contributed by atoms with Crippen molar-refractivity contribution < 1.29 is 19.1 Å². The molecule has 0 unspecified atom stereocenters. The first-order valence-corrected chi connectivity index (χ1v) is 5.32. The zero-order chi connectivity index (χ0) is 12.8. The van der Waals surface area contributed by atoms with Crippen molar-refractivity contribution in [1.82, 2.24) is 4.98 Å². The number of rotatable bonds is 4. The van der Waals surface area contributed by atoms with Gasteiger partial charge in [0.1, 0.15) is 6.61 Å². The number of esters is 2. The quantitative estimate of drug-likeness (QED) is 0.746. The Morgan fingerprint density at radius 3 is 2.71 bits per heavy atom. The van der Waals surface area contributed by atoms with Crippen molar-refractivity contribution in [2.75, 3.05) is 0 Å². The number of carbonyl (C=O) groups is 2. The van der Waals surface area contributed by atoms with Gasteiger partial charge in [0, 0.05) is 25.1 Å². The molecule has 0 saturated carbocycles. The van der Waals surface area contributed by atoms with Crippen molar-refractivity contribution in [3.63, 3.8) is 0 Å². The number of pyridine rings is 1. The van der Waals surface area contributed by atoms with Gasteiger partial charge in [0.05, 0.1) is 5.69 Å². The number of carbonyl (C=O) groups excluding carboxylic acids is 2. The summed E-state index contributed by atoms with van der Waals surface area (Å²) in [5.74, 6) is -0.292. The molecular weight excluding hydrogens is 222 g/mol. The van der Waals surface area contributed by atoms with Crippen LogP contribution in [0.1, 0.15) is 31.5 Å². The molecule has 0 aliphatic rings. The van der Waals surface area contributed by atoms with Gasteiger partial charge >= 0.3 is 11.9 Å². The highest BCUT2D eigenvalue weighted by atomic mass is 16.5. The van der Waals surface area contributed by atoms with E-state index in [4.69, 9.17) is 9.47 Å². The summed E-state index contributed by atoms with van der Waals surface area (Å²) in [7, 11) is 0. The van der Waals surface area contributed by atoms with Gasteiger partial charge in [0.15, 0.2) is 5.75 Å². The zero-order valence-electron chi connectivity index (χ0n) is 10.1. The van der Waals surface area contributed by atoms with E-state index >= 15 is 0 Å². The van der Waals surface area contributed by atoms with Crippen LogP contribution in [0.15, 0.2) is 12.3 Å². The lowest BCUT2D eigenvalue weighted by atomic mass is 10.2. The van der Waals surface area contributed by atoms with Gasteiger partial charge in [-0.2, -0.15) is 0 Å². The van der Waals surface area contributed by atoms with Crippen LogP contribution in [0.2, 0.25) is 0 Å². The largest absolute Gasteiger partial charge is 0.461 e. The summed E-state index contributed by atoms with van der Waals surface area (Å²) >= 11 is 0. The van der Waals surface area contributed by atoms with Gasteiger partial charge in [0.25, 0.3) is 0 Å². The molecule has 0 aromatic carbocycles. The topological polar surface area (TPSA) is 65.5 Å². The standard InChI is InChI=1S/C12H15NO4/c1-4-12(15)16-7-10-5-11(17-9(3)14)8(2)13-6-10/h5-6H,4,7H2,1-3H3. The molecule has 92 valence electrons. The van der Waals surface area contributed by atoms with Crippen LogP contribution in [0.3, 0.4) is 0 Å². The molecule has 5 nitrogen and oxygen atoms in total. The first kappa shape index (κ1) is 13.2. The highest BCUT2D eigenvalue weighted by molar-refractivity contribution is 5.70. The average Bonchev–Trinajstić information content (AvgIpc) is 2.29. The fraction of sp³-hybridized carbons (Fsp3) is 0.417. The predicted molar refractivity (Wildman–Crippen MR) is 60.4 cm³/mol. The lowest BCUT2D eigenvalue weighted by Crippen LogP contribution is -2.06. The minimum atomic E-state index is -0.405. The fourth-order valence-electron chi connectivity index (χ4n) is 1.16. The van der Waals surface area contributed by atoms with Crippen molar-refractivity contribution in [3.8, 4) is 5.75 Å². The molecule has 0 atom stereocenters. The predicted octanol–water partition coefficient (Wildman–Crippen LogP) is 1.77. The Morgan fingerprint density at radius 2 is 2.12 bits per heavy atom. The van der Waals surface area contributed by atoms with Crippen LogP contribution >= 0.6 is 0 Å². The van der Waals surface area contributed by atoms with Crippen LogP contribution in [0, 0.1) is 6.92 Å². The Bertz CT molecular complexity index is 429. The molecule has 1 heterocycles. The molecule has 1 rings (SSSR count). The summed E-state index contributed by atoms with van der Waals surface area (Å²) < 4.78 is 9.93. The van der Waals surface area contributed by atoms with Crippen LogP contribution in [-0.2, 0) is 20.9 Å². The van der Waals surface area contributed by atoms with Gasteiger partial charge in [-0.1, -0.05) is 6.92 Å². The van der Waals surface area contributed by atoms with Crippen LogP contribution in [0.4, 0.5) is 0 Å². The van der Waals surface area contributed by atoms with Crippen molar-refractivity contribution in [3.05, 3.63) is 23.5 Å². The molecule has 17 heavy (non-hydrogen) atoms. The zero-order valence-corrected chi connectivity index (χ0v) is 10.1.